The molecule has 0 bridgehead atoms. The van der Waals surface area contributed by atoms with Crippen molar-refractivity contribution in [2.45, 2.75) is 37.8 Å². The Balaban J connectivity index is 1.92. The van der Waals surface area contributed by atoms with Crippen molar-refractivity contribution < 1.29 is 9.18 Å². The molecule has 1 saturated carbocycles. The highest BCUT2D eigenvalue weighted by atomic mass is 19.1. The maximum atomic E-state index is 14.4. The lowest BCUT2D eigenvalue weighted by molar-refractivity contribution is 0.100. The van der Waals surface area contributed by atoms with Crippen molar-refractivity contribution in [3.05, 3.63) is 35.9 Å². The predicted molar refractivity (Wildman–Crippen MR) is 98.5 cm³/mol. The van der Waals surface area contributed by atoms with Gasteiger partial charge in [-0.1, -0.05) is 12.8 Å². The molecule has 2 heterocycles. The molecule has 1 fully saturated rings. The van der Waals surface area contributed by atoms with Crippen molar-refractivity contribution in [3.63, 3.8) is 0 Å². The van der Waals surface area contributed by atoms with E-state index in [1.165, 1.54) is 12.4 Å². The van der Waals surface area contributed by atoms with Gasteiger partial charge in [0.2, 0.25) is 0 Å². The second kappa shape index (κ2) is 7.52. The summed E-state index contributed by atoms with van der Waals surface area (Å²) in [5.41, 5.74) is 18.0. The number of pyridine rings is 2. The highest BCUT2D eigenvalue weighted by molar-refractivity contribution is 5.98. The molecule has 0 unspecified atom stereocenters. The van der Waals surface area contributed by atoms with E-state index < -0.39 is 11.7 Å². The molecule has 3 rings (SSSR count). The quantitative estimate of drug-likeness (QED) is 0.546. The summed E-state index contributed by atoms with van der Waals surface area (Å²) in [6.45, 7) is 0. The number of carbonyl (C=O) groups excluding carboxylic acids is 1. The van der Waals surface area contributed by atoms with Crippen LogP contribution >= 0.6 is 0 Å². The fourth-order valence-corrected chi connectivity index (χ4v) is 3.05. The number of anilines is 4. The van der Waals surface area contributed by atoms with Crippen LogP contribution < -0.4 is 27.8 Å². The Hall–Kier alpha value is -2.94. The molecular weight excluding hydrogens is 337 g/mol. The zero-order chi connectivity index (χ0) is 18.7. The minimum absolute atomic E-state index is 0.0247. The minimum atomic E-state index is -0.795. The van der Waals surface area contributed by atoms with Crippen LogP contribution in [0.1, 0.15) is 36.0 Å². The maximum Gasteiger partial charge on any atom is 0.252 e. The number of halogens is 1. The molecule has 2 aromatic heterocycles. The number of aromatic nitrogens is 2. The van der Waals surface area contributed by atoms with Gasteiger partial charge >= 0.3 is 0 Å². The summed E-state index contributed by atoms with van der Waals surface area (Å²) in [6, 6.07) is 2.53. The minimum Gasteiger partial charge on any atom is -0.397 e. The van der Waals surface area contributed by atoms with E-state index in [1.807, 2.05) is 0 Å². The van der Waals surface area contributed by atoms with Crippen LogP contribution in [-0.4, -0.2) is 28.0 Å². The Morgan fingerprint density at radius 3 is 2.65 bits per heavy atom. The average molecular weight is 359 g/mol. The highest BCUT2D eigenvalue weighted by Crippen LogP contribution is 2.26. The van der Waals surface area contributed by atoms with Gasteiger partial charge in [0.25, 0.3) is 5.91 Å². The van der Waals surface area contributed by atoms with Crippen molar-refractivity contribution in [2.24, 2.45) is 11.5 Å². The van der Waals surface area contributed by atoms with Crippen molar-refractivity contribution in [3.8, 4) is 0 Å². The fourth-order valence-electron chi connectivity index (χ4n) is 3.05. The first-order valence-electron chi connectivity index (χ1n) is 8.44. The zero-order valence-corrected chi connectivity index (χ0v) is 14.2. The molecule has 2 aromatic rings. The number of hydrogen-bond donors (Lipinski definition) is 5. The van der Waals surface area contributed by atoms with Gasteiger partial charge in [-0.3, -0.25) is 9.78 Å². The third-order valence-electron chi connectivity index (χ3n) is 4.41. The fraction of sp³-hybridized carbons (Fsp3) is 0.353. The van der Waals surface area contributed by atoms with Gasteiger partial charge in [-0.05, 0) is 25.0 Å². The molecule has 9 heteroatoms. The van der Waals surface area contributed by atoms with Gasteiger partial charge in [-0.15, -0.1) is 0 Å². The third kappa shape index (κ3) is 3.99. The zero-order valence-electron chi connectivity index (χ0n) is 14.2. The molecule has 8 nitrogen and oxygen atoms in total. The number of nitrogen functional groups attached to an aromatic ring is 1. The predicted octanol–water partition coefficient (Wildman–Crippen LogP) is 1.72. The number of primary amides is 1. The largest absolute Gasteiger partial charge is 0.397 e. The first-order chi connectivity index (χ1) is 12.4. The molecule has 1 aliphatic rings. The second-order valence-corrected chi connectivity index (χ2v) is 6.41. The molecule has 138 valence electrons. The molecule has 8 N–H and O–H groups in total. The molecule has 0 aromatic carbocycles. The molecule has 0 aliphatic heterocycles. The average Bonchev–Trinajstić information content (AvgIpc) is 2.59. The standard InChI is InChI=1S/C17H22FN7O/c18-12-6-11(15(21)26)16(23-10-5-9(19)7-22-8-10)25-17(12)24-14-4-2-1-3-13(14)20/h5-8,13-14H,1-4,19-20H2,(H2,21,26)(H2,23,24,25)/t13-,14+/m0/s1. The van der Waals surface area contributed by atoms with E-state index in [4.69, 9.17) is 17.2 Å². The van der Waals surface area contributed by atoms with Crippen LogP contribution in [0.25, 0.3) is 0 Å². The Kier molecular flexibility index (Phi) is 5.17. The second-order valence-electron chi connectivity index (χ2n) is 6.41. The van der Waals surface area contributed by atoms with Crippen molar-refractivity contribution in [2.75, 3.05) is 16.4 Å². The van der Waals surface area contributed by atoms with Gasteiger partial charge in [0.15, 0.2) is 11.6 Å². The van der Waals surface area contributed by atoms with Crippen LogP contribution in [0.15, 0.2) is 24.5 Å². The number of nitrogens with two attached hydrogens (primary N) is 3. The SMILES string of the molecule is NC(=O)c1cc(F)c(N[C@@H]2CCCC[C@@H]2N)nc1Nc1cncc(N)c1. The van der Waals surface area contributed by atoms with Gasteiger partial charge in [-0.25, -0.2) is 9.37 Å². The number of amides is 1. The lowest BCUT2D eigenvalue weighted by atomic mass is 9.91. The lowest BCUT2D eigenvalue weighted by Crippen LogP contribution is -2.43. The van der Waals surface area contributed by atoms with Crippen LogP contribution in [-0.2, 0) is 0 Å². The normalized spacial score (nSPS) is 19.8. The molecule has 2 atom stereocenters. The van der Waals surface area contributed by atoms with E-state index in [-0.39, 0.29) is 29.3 Å². The summed E-state index contributed by atoms with van der Waals surface area (Å²) in [4.78, 5) is 19.9. The summed E-state index contributed by atoms with van der Waals surface area (Å²) in [5.74, 6) is -1.31. The molecule has 0 radical (unpaired) electrons. The lowest BCUT2D eigenvalue weighted by Gasteiger charge is -2.30. The van der Waals surface area contributed by atoms with Crippen LogP contribution in [0, 0.1) is 5.82 Å². The Morgan fingerprint density at radius 1 is 1.19 bits per heavy atom. The molecule has 1 aliphatic carbocycles. The van der Waals surface area contributed by atoms with Crippen LogP contribution in [0.5, 0.6) is 0 Å². The molecule has 1 amide bonds. The summed E-state index contributed by atoms with van der Waals surface area (Å²) in [5, 5.41) is 5.98. The van der Waals surface area contributed by atoms with E-state index in [1.54, 1.807) is 6.07 Å². The summed E-state index contributed by atoms with van der Waals surface area (Å²) in [7, 11) is 0. The highest BCUT2D eigenvalue weighted by Gasteiger charge is 2.24. The third-order valence-corrected chi connectivity index (χ3v) is 4.41. The van der Waals surface area contributed by atoms with Crippen LogP contribution in [0.4, 0.5) is 27.4 Å². The number of nitrogens with zero attached hydrogens (tertiary/aromatic N) is 2. The van der Waals surface area contributed by atoms with Gasteiger partial charge in [0.1, 0.15) is 5.82 Å². The maximum absolute atomic E-state index is 14.4. The molecular formula is C17H22FN7O. The first kappa shape index (κ1) is 17.9. The summed E-state index contributed by atoms with van der Waals surface area (Å²) in [6.07, 6.45) is 6.78. The van der Waals surface area contributed by atoms with Crippen molar-refractivity contribution in [1.82, 2.24) is 9.97 Å². The summed E-state index contributed by atoms with van der Waals surface area (Å²) >= 11 is 0. The Labute approximate surface area is 150 Å². The number of carbonyl (C=O) groups is 1. The summed E-state index contributed by atoms with van der Waals surface area (Å²) < 4.78 is 14.4. The number of rotatable bonds is 5. The van der Waals surface area contributed by atoms with E-state index >= 15 is 0 Å². The van der Waals surface area contributed by atoms with E-state index in [2.05, 4.69) is 20.6 Å². The van der Waals surface area contributed by atoms with Crippen LogP contribution in [0.2, 0.25) is 0 Å². The topological polar surface area (TPSA) is 145 Å². The number of hydrogen-bond acceptors (Lipinski definition) is 7. The van der Waals surface area contributed by atoms with Crippen LogP contribution in [0.3, 0.4) is 0 Å². The van der Waals surface area contributed by atoms with Gasteiger partial charge in [0.05, 0.1) is 23.1 Å². The molecule has 0 saturated heterocycles. The Morgan fingerprint density at radius 2 is 1.96 bits per heavy atom. The smallest absolute Gasteiger partial charge is 0.252 e. The monoisotopic (exact) mass is 359 g/mol. The van der Waals surface area contributed by atoms with Gasteiger partial charge < -0.3 is 27.8 Å². The van der Waals surface area contributed by atoms with Crippen molar-refractivity contribution in [1.29, 1.82) is 0 Å². The Bertz CT molecular complexity index is 814. The van der Waals surface area contributed by atoms with E-state index in [0.29, 0.717) is 11.4 Å². The molecule has 26 heavy (non-hydrogen) atoms. The van der Waals surface area contributed by atoms with Gasteiger partial charge in [-0.2, -0.15) is 0 Å². The van der Waals surface area contributed by atoms with E-state index in [0.717, 1.165) is 31.7 Å². The van der Waals surface area contributed by atoms with Crippen molar-refractivity contribution >= 4 is 28.9 Å². The van der Waals surface area contributed by atoms with Gasteiger partial charge in [0, 0.05) is 18.3 Å². The first-order valence-corrected chi connectivity index (χ1v) is 8.44. The van der Waals surface area contributed by atoms with E-state index in [9.17, 15) is 9.18 Å². The number of nitrogens with one attached hydrogen (secondary N) is 2. The molecule has 0 spiro atoms.